The van der Waals surface area contributed by atoms with Crippen LogP contribution in [0.1, 0.15) is 37.4 Å². The first kappa shape index (κ1) is 19.9. The molecule has 5 rings (SSSR count). The van der Waals surface area contributed by atoms with Crippen molar-refractivity contribution in [3.05, 3.63) is 63.3 Å². The highest BCUT2D eigenvalue weighted by molar-refractivity contribution is 5.81. The molecule has 31 heavy (non-hydrogen) atoms. The third-order valence-electron chi connectivity index (χ3n) is 6.64. The summed E-state index contributed by atoms with van der Waals surface area (Å²) in [5.74, 6) is 0. The number of hydrogen-bond donors (Lipinski definition) is 0. The quantitative estimate of drug-likeness (QED) is 0.642. The maximum Gasteiger partial charge on any atom is 0.261 e. The molecule has 2 aromatic heterocycles. The van der Waals surface area contributed by atoms with Gasteiger partial charge in [0, 0.05) is 57.6 Å². The highest BCUT2D eigenvalue weighted by atomic mass is 16.1. The summed E-state index contributed by atoms with van der Waals surface area (Å²) in [4.78, 5) is 38.4. The van der Waals surface area contributed by atoms with Crippen molar-refractivity contribution in [2.75, 3.05) is 31.1 Å². The standard InChI is InChI=1S/C23H28N6O2/c1-26-15-24-17(12-22(26)30)14-27-8-10-28(11-9-27)19-6-7-20-21(13-19)25-16-29(23(20)31)18-4-2-3-5-18/h6-7,12-13,15-16,18H,2-5,8-11,14H2,1H3. The molecule has 8 nitrogen and oxygen atoms in total. The van der Waals surface area contributed by atoms with Gasteiger partial charge in [-0.25, -0.2) is 9.97 Å². The highest BCUT2D eigenvalue weighted by Gasteiger charge is 2.21. The molecular formula is C23H28N6O2. The van der Waals surface area contributed by atoms with Crippen LogP contribution in [0.2, 0.25) is 0 Å². The first-order valence-corrected chi connectivity index (χ1v) is 11.1. The van der Waals surface area contributed by atoms with Crippen LogP contribution >= 0.6 is 0 Å². The van der Waals surface area contributed by atoms with Gasteiger partial charge in [-0.2, -0.15) is 0 Å². The lowest BCUT2D eigenvalue weighted by Crippen LogP contribution is -2.46. The second-order valence-corrected chi connectivity index (χ2v) is 8.69. The summed E-state index contributed by atoms with van der Waals surface area (Å²) in [6.45, 7) is 4.24. The maximum atomic E-state index is 12.9. The fourth-order valence-corrected chi connectivity index (χ4v) is 4.74. The summed E-state index contributed by atoms with van der Waals surface area (Å²) in [5.41, 5.74) is 2.73. The van der Waals surface area contributed by atoms with Crippen molar-refractivity contribution in [2.24, 2.45) is 7.05 Å². The molecule has 2 fully saturated rings. The minimum Gasteiger partial charge on any atom is -0.369 e. The van der Waals surface area contributed by atoms with Crippen LogP contribution in [0.4, 0.5) is 5.69 Å². The Labute approximate surface area is 180 Å². The summed E-state index contributed by atoms with van der Waals surface area (Å²) >= 11 is 0. The lowest BCUT2D eigenvalue weighted by molar-refractivity contribution is 0.246. The van der Waals surface area contributed by atoms with Crippen molar-refractivity contribution in [3.63, 3.8) is 0 Å². The topological polar surface area (TPSA) is 76.3 Å². The number of aryl methyl sites for hydroxylation is 1. The number of nitrogens with zero attached hydrogens (tertiary/aromatic N) is 6. The molecular weight excluding hydrogens is 392 g/mol. The SMILES string of the molecule is Cn1cnc(CN2CCN(c3ccc4c(=O)n(C5CCCC5)cnc4c3)CC2)cc1=O. The Kier molecular flexibility index (Phi) is 5.31. The van der Waals surface area contributed by atoms with E-state index in [0.717, 1.165) is 55.9 Å². The molecule has 0 N–H and O–H groups in total. The molecule has 0 unspecified atom stereocenters. The van der Waals surface area contributed by atoms with Gasteiger partial charge in [-0.05, 0) is 31.0 Å². The molecule has 1 saturated heterocycles. The molecule has 1 aliphatic heterocycles. The van der Waals surface area contributed by atoms with Crippen molar-refractivity contribution < 1.29 is 0 Å². The Bertz CT molecular complexity index is 1200. The first-order valence-electron chi connectivity index (χ1n) is 11.1. The summed E-state index contributed by atoms with van der Waals surface area (Å²) in [7, 11) is 1.71. The number of piperazine rings is 1. The number of aromatic nitrogens is 4. The fourth-order valence-electron chi connectivity index (χ4n) is 4.74. The highest BCUT2D eigenvalue weighted by Crippen LogP contribution is 2.28. The van der Waals surface area contributed by atoms with Crippen LogP contribution in [0.15, 0.2) is 46.5 Å². The number of benzene rings is 1. The van der Waals surface area contributed by atoms with E-state index >= 15 is 0 Å². The van der Waals surface area contributed by atoms with E-state index in [4.69, 9.17) is 0 Å². The zero-order chi connectivity index (χ0) is 21.4. The summed E-state index contributed by atoms with van der Waals surface area (Å²) in [6, 6.07) is 7.92. The normalized spacial score (nSPS) is 18.2. The zero-order valence-corrected chi connectivity index (χ0v) is 17.9. The molecule has 162 valence electrons. The Hall–Kier alpha value is -3.00. The van der Waals surface area contributed by atoms with Gasteiger partial charge in [-0.3, -0.25) is 19.1 Å². The molecule has 1 aromatic carbocycles. The molecule has 3 aromatic rings. The van der Waals surface area contributed by atoms with E-state index in [9.17, 15) is 9.59 Å². The van der Waals surface area contributed by atoms with Crippen molar-refractivity contribution >= 4 is 16.6 Å². The van der Waals surface area contributed by atoms with Crippen LogP contribution in [0, 0.1) is 0 Å². The second kappa shape index (κ2) is 8.26. The molecule has 0 bridgehead atoms. The van der Waals surface area contributed by atoms with Gasteiger partial charge in [0.2, 0.25) is 0 Å². The molecule has 2 aliphatic rings. The van der Waals surface area contributed by atoms with Gasteiger partial charge in [0.05, 0.1) is 29.3 Å². The predicted octanol–water partition coefficient (Wildman–Crippen LogP) is 1.93. The van der Waals surface area contributed by atoms with Crippen LogP contribution in [0.25, 0.3) is 10.9 Å². The number of hydrogen-bond acceptors (Lipinski definition) is 6. The van der Waals surface area contributed by atoms with E-state index in [1.54, 1.807) is 25.8 Å². The Morgan fingerprint density at radius 1 is 0.968 bits per heavy atom. The van der Waals surface area contributed by atoms with Crippen LogP contribution in [-0.2, 0) is 13.6 Å². The lowest BCUT2D eigenvalue weighted by atomic mass is 10.1. The van der Waals surface area contributed by atoms with Crippen molar-refractivity contribution in [3.8, 4) is 0 Å². The monoisotopic (exact) mass is 420 g/mol. The average Bonchev–Trinajstić information content (AvgIpc) is 3.31. The molecule has 8 heteroatoms. The van der Waals surface area contributed by atoms with Crippen LogP contribution < -0.4 is 16.0 Å². The van der Waals surface area contributed by atoms with Crippen molar-refractivity contribution in [1.29, 1.82) is 0 Å². The van der Waals surface area contributed by atoms with E-state index in [2.05, 4.69) is 19.8 Å². The van der Waals surface area contributed by atoms with Gasteiger partial charge in [0.15, 0.2) is 0 Å². The smallest absolute Gasteiger partial charge is 0.261 e. The van der Waals surface area contributed by atoms with Gasteiger partial charge in [-0.15, -0.1) is 0 Å². The minimum atomic E-state index is -0.0284. The minimum absolute atomic E-state index is 0.0284. The first-order chi connectivity index (χ1) is 15.1. The van der Waals surface area contributed by atoms with E-state index in [1.165, 1.54) is 17.4 Å². The number of rotatable bonds is 4. The van der Waals surface area contributed by atoms with Crippen LogP contribution in [-0.4, -0.2) is 50.2 Å². The molecule has 0 amide bonds. The Morgan fingerprint density at radius 3 is 2.48 bits per heavy atom. The van der Waals surface area contributed by atoms with Gasteiger partial charge >= 0.3 is 0 Å². The molecule has 1 aliphatic carbocycles. The third-order valence-corrected chi connectivity index (χ3v) is 6.64. The second-order valence-electron chi connectivity index (χ2n) is 8.69. The van der Waals surface area contributed by atoms with Crippen molar-refractivity contribution in [1.82, 2.24) is 24.0 Å². The Morgan fingerprint density at radius 2 is 1.74 bits per heavy atom. The zero-order valence-electron chi connectivity index (χ0n) is 17.9. The molecule has 0 spiro atoms. The van der Waals surface area contributed by atoms with E-state index in [-0.39, 0.29) is 11.1 Å². The maximum absolute atomic E-state index is 12.9. The van der Waals surface area contributed by atoms with Gasteiger partial charge in [-0.1, -0.05) is 12.8 Å². The number of fused-ring (bicyclic) bond motifs is 1. The number of anilines is 1. The van der Waals surface area contributed by atoms with Gasteiger partial charge in [0.1, 0.15) is 0 Å². The molecule has 0 atom stereocenters. The van der Waals surface area contributed by atoms with Gasteiger partial charge in [0.25, 0.3) is 11.1 Å². The Balaban J connectivity index is 1.28. The van der Waals surface area contributed by atoms with E-state index in [1.807, 2.05) is 22.8 Å². The summed E-state index contributed by atoms with van der Waals surface area (Å²) < 4.78 is 3.32. The van der Waals surface area contributed by atoms with E-state index in [0.29, 0.717) is 18.0 Å². The summed E-state index contributed by atoms with van der Waals surface area (Å²) in [6.07, 6.45) is 7.84. The largest absolute Gasteiger partial charge is 0.369 e. The van der Waals surface area contributed by atoms with Gasteiger partial charge < -0.3 is 9.47 Å². The van der Waals surface area contributed by atoms with E-state index < -0.39 is 0 Å². The average molecular weight is 421 g/mol. The molecule has 3 heterocycles. The summed E-state index contributed by atoms with van der Waals surface area (Å²) in [5, 5.41) is 0.702. The molecule has 0 radical (unpaired) electrons. The van der Waals surface area contributed by atoms with Crippen LogP contribution in [0.5, 0.6) is 0 Å². The fraction of sp³-hybridized carbons (Fsp3) is 0.478. The predicted molar refractivity (Wildman–Crippen MR) is 120 cm³/mol. The van der Waals surface area contributed by atoms with Crippen molar-refractivity contribution in [2.45, 2.75) is 38.3 Å². The third kappa shape index (κ3) is 3.99. The van der Waals surface area contributed by atoms with Crippen LogP contribution in [0.3, 0.4) is 0 Å². The molecule has 1 saturated carbocycles. The lowest BCUT2D eigenvalue weighted by Gasteiger charge is -2.36.